The van der Waals surface area contributed by atoms with Gasteiger partial charge in [-0.15, -0.1) is 18.3 Å². The lowest BCUT2D eigenvalue weighted by molar-refractivity contribution is -0.116. The van der Waals surface area contributed by atoms with E-state index in [-0.39, 0.29) is 34.6 Å². The Kier molecular flexibility index (Phi) is 7.72. The predicted octanol–water partition coefficient (Wildman–Crippen LogP) is 3.38. The van der Waals surface area contributed by atoms with Crippen LogP contribution in [0.4, 0.5) is 11.4 Å². The van der Waals surface area contributed by atoms with Crippen LogP contribution < -0.4 is 15.8 Å². The lowest BCUT2D eigenvalue weighted by Crippen LogP contribution is -2.33. The molecule has 0 radical (unpaired) electrons. The van der Waals surface area contributed by atoms with Crippen LogP contribution in [0.1, 0.15) is 5.69 Å². The van der Waals surface area contributed by atoms with Crippen LogP contribution in [0.3, 0.4) is 0 Å². The number of rotatable bonds is 9. The van der Waals surface area contributed by atoms with E-state index in [0.29, 0.717) is 17.9 Å². The predicted molar refractivity (Wildman–Crippen MR) is 131 cm³/mol. The first-order valence-electron chi connectivity index (χ1n) is 10.1. The molecular formula is C24H26N4O3S. The van der Waals surface area contributed by atoms with Crippen molar-refractivity contribution in [2.24, 2.45) is 7.05 Å². The standard InChI is InChI=1S/C24H26N4O3S/c1-4-15-27(19-11-7-5-8-12-19)22(30)17-32-16-21(29)25-23-18(2)26(3)28(24(23)31)20-13-9-6-10-14-20/h4-14H,1,15-17H2,2-3H3,(H,25,29). The molecule has 2 amide bonds. The summed E-state index contributed by atoms with van der Waals surface area (Å²) in [6, 6.07) is 18.6. The van der Waals surface area contributed by atoms with Crippen molar-refractivity contribution in [1.29, 1.82) is 0 Å². The van der Waals surface area contributed by atoms with E-state index in [1.165, 1.54) is 16.4 Å². The number of para-hydroxylation sites is 2. The molecule has 0 unspecified atom stereocenters. The molecule has 1 aromatic heterocycles. The van der Waals surface area contributed by atoms with E-state index >= 15 is 0 Å². The number of carbonyl (C=O) groups is 2. The summed E-state index contributed by atoms with van der Waals surface area (Å²) in [5.41, 5.74) is 2.09. The highest BCUT2D eigenvalue weighted by atomic mass is 32.2. The largest absolute Gasteiger partial charge is 0.319 e. The summed E-state index contributed by atoms with van der Waals surface area (Å²) in [4.78, 5) is 39.7. The van der Waals surface area contributed by atoms with Crippen molar-refractivity contribution in [2.75, 3.05) is 28.3 Å². The van der Waals surface area contributed by atoms with Crippen LogP contribution in [0.2, 0.25) is 0 Å². The van der Waals surface area contributed by atoms with Crippen LogP contribution in [0.5, 0.6) is 0 Å². The maximum atomic E-state index is 12.9. The monoisotopic (exact) mass is 450 g/mol. The van der Waals surface area contributed by atoms with Gasteiger partial charge < -0.3 is 10.2 Å². The summed E-state index contributed by atoms with van der Waals surface area (Å²) in [5.74, 6) is -0.250. The van der Waals surface area contributed by atoms with Crippen molar-refractivity contribution >= 4 is 35.0 Å². The Morgan fingerprint density at radius 2 is 1.69 bits per heavy atom. The number of amides is 2. The van der Waals surface area contributed by atoms with E-state index < -0.39 is 0 Å². The van der Waals surface area contributed by atoms with Crippen LogP contribution in [0, 0.1) is 6.92 Å². The van der Waals surface area contributed by atoms with Gasteiger partial charge in [0.2, 0.25) is 11.8 Å². The first-order chi connectivity index (χ1) is 15.4. The minimum absolute atomic E-state index is 0.0571. The third-order valence-electron chi connectivity index (χ3n) is 4.96. The maximum absolute atomic E-state index is 12.9. The van der Waals surface area contributed by atoms with Gasteiger partial charge in [0, 0.05) is 19.3 Å². The van der Waals surface area contributed by atoms with E-state index in [2.05, 4.69) is 11.9 Å². The molecule has 7 nitrogen and oxygen atoms in total. The van der Waals surface area contributed by atoms with Gasteiger partial charge in [0.15, 0.2) is 0 Å². The molecule has 2 aromatic carbocycles. The van der Waals surface area contributed by atoms with Gasteiger partial charge in [-0.3, -0.25) is 19.1 Å². The maximum Gasteiger partial charge on any atom is 0.295 e. The molecule has 0 aliphatic carbocycles. The average molecular weight is 451 g/mol. The minimum atomic E-state index is -0.330. The fourth-order valence-corrected chi connectivity index (χ4v) is 3.98. The second-order valence-electron chi connectivity index (χ2n) is 7.11. The van der Waals surface area contributed by atoms with Crippen molar-refractivity contribution in [1.82, 2.24) is 9.36 Å². The Balaban J connectivity index is 1.63. The number of benzene rings is 2. The van der Waals surface area contributed by atoms with E-state index in [4.69, 9.17) is 0 Å². The smallest absolute Gasteiger partial charge is 0.295 e. The molecular weight excluding hydrogens is 424 g/mol. The van der Waals surface area contributed by atoms with Crippen LogP contribution in [0.25, 0.3) is 5.69 Å². The summed E-state index contributed by atoms with van der Waals surface area (Å²) < 4.78 is 3.21. The van der Waals surface area contributed by atoms with Gasteiger partial charge in [0.25, 0.3) is 5.56 Å². The lowest BCUT2D eigenvalue weighted by atomic mass is 10.3. The van der Waals surface area contributed by atoms with Gasteiger partial charge in [0.05, 0.1) is 22.9 Å². The quantitative estimate of drug-likeness (QED) is 0.507. The molecule has 0 saturated carbocycles. The number of carbonyl (C=O) groups excluding carboxylic acids is 2. The van der Waals surface area contributed by atoms with Gasteiger partial charge >= 0.3 is 0 Å². The highest BCUT2D eigenvalue weighted by molar-refractivity contribution is 8.00. The topological polar surface area (TPSA) is 76.3 Å². The van der Waals surface area contributed by atoms with Crippen LogP contribution in [-0.2, 0) is 16.6 Å². The Bertz CT molecular complexity index is 1150. The van der Waals surface area contributed by atoms with Gasteiger partial charge in [-0.05, 0) is 31.2 Å². The summed E-state index contributed by atoms with van der Waals surface area (Å²) >= 11 is 1.20. The molecule has 32 heavy (non-hydrogen) atoms. The van der Waals surface area contributed by atoms with E-state index in [1.807, 2.05) is 60.7 Å². The highest BCUT2D eigenvalue weighted by Crippen LogP contribution is 2.17. The second kappa shape index (κ2) is 10.7. The van der Waals surface area contributed by atoms with Crippen LogP contribution in [0.15, 0.2) is 78.1 Å². The SMILES string of the molecule is C=CCN(C(=O)CSCC(=O)Nc1c(C)n(C)n(-c2ccccc2)c1=O)c1ccccc1. The van der Waals surface area contributed by atoms with Crippen molar-refractivity contribution < 1.29 is 9.59 Å². The molecule has 0 saturated heterocycles. The Labute approximate surface area is 191 Å². The second-order valence-corrected chi connectivity index (χ2v) is 8.09. The molecule has 166 valence electrons. The molecule has 8 heteroatoms. The molecule has 0 fully saturated rings. The van der Waals surface area contributed by atoms with Gasteiger partial charge in [-0.1, -0.05) is 42.5 Å². The fraction of sp³-hybridized carbons (Fsp3) is 0.208. The summed E-state index contributed by atoms with van der Waals surface area (Å²) in [6.07, 6.45) is 1.66. The number of anilines is 2. The molecule has 0 bridgehead atoms. The first-order valence-corrected chi connectivity index (χ1v) is 11.3. The summed E-state index contributed by atoms with van der Waals surface area (Å²) in [5, 5.41) is 2.71. The zero-order valence-corrected chi connectivity index (χ0v) is 19.0. The molecule has 0 atom stereocenters. The fourth-order valence-electron chi connectivity index (χ4n) is 3.28. The number of hydrogen-bond acceptors (Lipinski definition) is 4. The van der Waals surface area contributed by atoms with Crippen LogP contribution in [-0.4, -0.2) is 39.2 Å². The van der Waals surface area contributed by atoms with E-state index in [9.17, 15) is 14.4 Å². The lowest BCUT2D eigenvalue weighted by Gasteiger charge is -2.21. The Hall–Kier alpha value is -3.52. The molecule has 1 heterocycles. The molecule has 3 rings (SSSR count). The molecule has 0 aliphatic rings. The van der Waals surface area contributed by atoms with Gasteiger partial charge in [0.1, 0.15) is 5.69 Å². The Morgan fingerprint density at radius 1 is 1.06 bits per heavy atom. The average Bonchev–Trinajstić information content (AvgIpc) is 3.01. The zero-order valence-electron chi connectivity index (χ0n) is 18.2. The number of nitrogens with one attached hydrogen (secondary N) is 1. The number of aromatic nitrogens is 2. The van der Waals surface area contributed by atoms with E-state index in [0.717, 1.165) is 5.69 Å². The Morgan fingerprint density at radius 3 is 2.31 bits per heavy atom. The van der Waals surface area contributed by atoms with Gasteiger partial charge in [-0.25, -0.2) is 4.68 Å². The van der Waals surface area contributed by atoms with Crippen molar-refractivity contribution in [2.45, 2.75) is 6.92 Å². The third kappa shape index (κ3) is 5.20. The normalized spacial score (nSPS) is 10.6. The number of nitrogens with zero attached hydrogens (tertiary/aromatic N) is 3. The van der Waals surface area contributed by atoms with Crippen LogP contribution >= 0.6 is 11.8 Å². The molecule has 0 spiro atoms. The molecule has 1 N–H and O–H groups in total. The first kappa shape index (κ1) is 23.1. The number of thioether (sulfide) groups is 1. The molecule has 0 aliphatic heterocycles. The van der Waals surface area contributed by atoms with E-state index in [1.54, 1.807) is 29.6 Å². The van der Waals surface area contributed by atoms with Crippen molar-refractivity contribution in [3.8, 4) is 5.69 Å². The summed E-state index contributed by atoms with van der Waals surface area (Å²) in [6.45, 7) is 5.88. The van der Waals surface area contributed by atoms with Crippen molar-refractivity contribution in [3.63, 3.8) is 0 Å². The van der Waals surface area contributed by atoms with Gasteiger partial charge in [-0.2, -0.15) is 0 Å². The van der Waals surface area contributed by atoms with Crippen molar-refractivity contribution in [3.05, 3.63) is 89.4 Å². The minimum Gasteiger partial charge on any atom is -0.319 e. The zero-order chi connectivity index (χ0) is 23.1. The third-order valence-corrected chi connectivity index (χ3v) is 5.88. The number of hydrogen-bond donors (Lipinski definition) is 1. The highest BCUT2D eigenvalue weighted by Gasteiger charge is 2.19. The summed E-state index contributed by atoms with van der Waals surface area (Å²) in [7, 11) is 1.77. The molecule has 3 aromatic rings.